The number of amides is 1. The summed E-state index contributed by atoms with van der Waals surface area (Å²) in [5.41, 5.74) is 6.35. The molecule has 3 nitrogen and oxygen atoms in total. The van der Waals surface area contributed by atoms with Gasteiger partial charge in [-0.3, -0.25) is 4.79 Å². The van der Waals surface area contributed by atoms with Gasteiger partial charge in [0, 0.05) is 4.47 Å². The average molecular weight is 299 g/mol. The first-order valence-electron chi connectivity index (χ1n) is 5.70. The lowest BCUT2D eigenvalue weighted by Gasteiger charge is -2.28. The third-order valence-electron chi connectivity index (χ3n) is 2.78. The third-order valence-corrected chi connectivity index (χ3v) is 3.31. The molecule has 0 aliphatic carbocycles. The second kappa shape index (κ2) is 5.65. The Labute approximate surface area is 111 Å². The van der Waals surface area contributed by atoms with Crippen molar-refractivity contribution in [1.29, 1.82) is 0 Å². The molecule has 0 unspecified atom stereocenters. The molecule has 1 aromatic carbocycles. The highest BCUT2D eigenvalue weighted by Crippen LogP contribution is 2.22. The molecular formula is C13H19BrN2O. The number of benzene rings is 1. The van der Waals surface area contributed by atoms with Crippen LogP contribution in [-0.2, 0) is 10.3 Å². The van der Waals surface area contributed by atoms with Crippen LogP contribution in [0.2, 0.25) is 0 Å². The summed E-state index contributed by atoms with van der Waals surface area (Å²) in [5.74, 6) is -0.111. The molecule has 0 fully saturated rings. The Morgan fingerprint density at radius 2 is 1.94 bits per heavy atom. The van der Waals surface area contributed by atoms with Crippen molar-refractivity contribution in [3.63, 3.8) is 0 Å². The number of hydrogen-bond acceptors (Lipinski definition) is 2. The molecule has 0 saturated heterocycles. The zero-order valence-electron chi connectivity index (χ0n) is 10.5. The van der Waals surface area contributed by atoms with E-state index in [-0.39, 0.29) is 5.91 Å². The van der Waals surface area contributed by atoms with Crippen molar-refractivity contribution in [2.24, 2.45) is 5.73 Å². The first kappa shape index (κ1) is 14.2. The van der Waals surface area contributed by atoms with Gasteiger partial charge in [-0.2, -0.15) is 0 Å². The zero-order valence-corrected chi connectivity index (χ0v) is 12.0. The molecule has 0 saturated carbocycles. The quantitative estimate of drug-likeness (QED) is 0.897. The minimum Gasteiger partial charge on any atom is -0.346 e. The fraction of sp³-hybridized carbons (Fsp3) is 0.462. The van der Waals surface area contributed by atoms with E-state index in [9.17, 15) is 4.79 Å². The summed E-state index contributed by atoms with van der Waals surface area (Å²) in [4.78, 5) is 11.8. The number of nitrogens with one attached hydrogen (secondary N) is 1. The van der Waals surface area contributed by atoms with Crippen molar-refractivity contribution < 1.29 is 4.79 Å². The lowest BCUT2D eigenvalue weighted by molar-refractivity contribution is -0.124. The summed E-state index contributed by atoms with van der Waals surface area (Å²) >= 11 is 3.39. The normalized spacial score (nSPS) is 13.2. The molecule has 0 heterocycles. The van der Waals surface area contributed by atoms with Gasteiger partial charge in [-0.15, -0.1) is 0 Å². The summed E-state index contributed by atoms with van der Waals surface area (Å²) in [6.07, 6.45) is 0.641. The van der Waals surface area contributed by atoms with E-state index in [0.717, 1.165) is 10.0 Å². The highest BCUT2D eigenvalue weighted by atomic mass is 79.9. The number of carbonyl (C=O) groups excluding carboxylic acids is 1. The molecule has 1 aromatic rings. The summed E-state index contributed by atoms with van der Waals surface area (Å²) in [7, 11) is 0. The molecule has 4 heteroatoms. The zero-order chi connectivity index (χ0) is 13.1. The maximum atomic E-state index is 11.8. The molecule has 3 N–H and O–H groups in total. The molecule has 0 radical (unpaired) electrons. The molecule has 94 valence electrons. The van der Waals surface area contributed by atoms with Crippen molar-refractivity contribution in [3.8, 4) is 0 Å². The smallest absolute Gasteiger partial charge is 0.237 e. The standard InChI is InChI=1S/C13H19BrN2O/c1-4-11(15)12(17)16-13(2,3)9-5-7-10(14)8-6-9/h5-8,11H,4,15H2,1-3H3,(H,16,17)/t11-/m1/s1. The van der Waals surface area contributed by atoms with Crippen LogP contribution in [0, 0.1) is 0 Å². The van der Waals surface area contributed by atoms with Gasteiger partial charge in [0.25, 0.3) is 0 Å². The summed E-state index contributed by atoms with van der Waals surface area (Å²) in [6, 6.07) is 7.46. The van der Waals surface area contributed by atoms with Crippen LogP contribution in [0.3, 0.4) is 0 Å². The van der Waals surface area contributed by atoms with E-state index < -0.39 is 11.6 Å². The number of halogens is 1. The SMILES string of the molecule is CC[C@@H](N)C(=O)NC(C)(C)c1ccc(Br)cc1. The Morgan fingerprint density at radius 1 is 1.41 bits per heavy atom. The van der Waals surface area contributed by atoms with E-state index in [1.54, 1.807) is 0 Å². The molecule has 0 bridgehead atoms. The highest BCUT2D eigenvalue weighted by molar-refractivity contribution is 9.10. The minimum absolute atomic E-state index is 0.111. The van der Waals surface area contributed by atoms with Crippen LogP contribution in [0.4, 0.5) is 0 Å². The van der Waals surface area contributed by atoms with E-state index in [4.69, 9.17) is 5.73 Å². The Bertz CT molecular complexity index is 387. The average Bonchev–Trinajstić information content (AvgIpc) is 2.27. The van der Waals surface area contributed by atoms with Crippen LogP contribution in [0.15, 0.2) is 28.7 Å². The first-order valence-corrected chi connectivity index (χ1v) is 6.49. The lowest BCUT2D eigenvalue weighted by Crippen LogP contribution is -2.48. The monoisotopic (exact) mass is 298 g/mol. The van der Waals surface area contributed by atoms with Crippen molar-refractivity contribution >= 4 is 21.8 Å². The predicted octanol–water partition coefficient (Wildman–Crippen LogP) is 2.54. The highest BCUT2D eigenvalue weighted by Gasteiger charge is 2.24. The van der Waals surface area contributed by atoms with Crippen molar-refractivity contribution in [2.75, 3.05) is 0 Å². The molecular weight excluding hydrogens is 280 g/mol. The number of hydrogen-bond donors (Lipinski definition) is 2. The maximum Gasteiger partial charge on any atom is 0.237 e. The van der Waals surface area contributed by atoms with E-state index in [1.807, 2.05) is 45.0 Å². The summed E-state index contributed by atoms with van der Waals surface area (Å²) in [6.45, 7) is 5.84. The van der Waals surface area contributed by atoms with E-state index >= 15 is 0 Å². The summed E-state index contributed by atoms with van der Waals surface area (Å²) < 4.78 is 1.02. The first-order chi connectivity index (χ1) is 7.86. The lowest BCUT2D eigenvalue weighted by atomic mass is 9.94. The Kier molecular flexibility index (Phi) is 4.71. The van der Waals surface area contributed by atoms with Crippen molar-refractivity contribution in [2.45, 2.75) is 38.8 Å². The van der Waals surface area contributed by atoms with Gasteiger partial charge < -0.3 is 11.1 Å². The Morgan fingerprint density at radius 3 is 2.41 bits per heavy atom. The molecule has 1 amide bonds. The van der Waals surface area contributed by atoms with Crippen molar-refractivity contribution in [1.82, 2.24) is 5.32 Å². The van der Waals surface area contributed by atoms with Gasteiger partial charge in [0.15, 0.2) is 0 Å². The van der Waals surface area contributed by atoms with Gasteiger partial charge in [0.1, 0.15) is 0 Å². The Hall–Kier alpha value is -0.870. The van der Waals surface area contributed by atoms with E-state index in [0.29, 0.717) is 6.42 Å². The number of carbonyl (C=O) groups is 1. The number of nitrogens with two attached hydrogens (primary N) is 1. The summed E-state index contributed by atoms with van der Waals surface area (Å²) in [5, 5.41) is 2.96. The number of rotatable bonds is 4. The predicted molar refractivity (Wildman–Crippen MR) is 73.6 cm³/mol. The topological polar surface area (TPSA) is 55.1 Å². The molecule has 0 spiro atoms. The van der Waals surface area contributed by atoms with Gasteiger partial charge in [-0.1, -0.05) is 35.0 Å². The van der Waals surface area contributed by atoms with Gasteiger partial charge in [-0.25, -0.2) is 0 Å². The fourth-order valence-electron chi connectivity index (χ4n) is 1.52. The molecule has 0 aromatic heterocycles. The van der Waals surface area contributed by atoms with Gasteiger partial charge in [0.2, 0.25) is 5.91 Å². The second-order valence-electron chi connectivity index (χ2n) is 4.64. The maximum absolute atomic E-state index is 11.8. The van der Waals surface area contributed by atoms with E-state index in [2.05, 4.69) is 21.2 Å². The Balaban J connectivity index is 2.81. The molecule has 1 rings (SSSR count). The third kappa shape index (κ3) is 3.82. The van der Waals surface area contributed by atoms with Crippen LogP contribution in [0.5, 0.6) is 0 Å². The van der Waals surface area contributed by atoms with Crippen LogP contribution < -0.4 is 11.1 Å². The molecule has 1 atom stereocenters. The van der Waals surface area contributed by atoms with Crippen LogP contribution >= 0.6 is 15.9 Å². The van der Waals surface area contributed by atoms with Crippen LogP contribution in [0.1, 0.15) is 32.8 Å². The van der Waals surface area contributed by atoms with Gasteiger partial charge >= 0.3 is 0 Å². The molecule has 0 aliphatic rings. The van der Waals surface area contributed by atoms with Crippen molar-refractivity contribution in [3.05, 3.63) is 34.3 Å². The second-order valence-corrected chi connectivity index (χ2v) is 5.55. The van der Waals surface area contributed by atoms with Gasteiger partial charge in [-0.05, 0) is 38.0 Å². The van der Waals surface area contributed by atoms with E-state index in [1.165, 1.54) is 0 Å². The van der Waals surface area contributed by atoms with Crippen LogP contribution in [-0.4, -0.2) is 11.9 Å². The fourth-order valence-corrected chi connectivity index (χ4v) is 1.79. The molecule has 0 aliphatic heterocycles. The largest absolute Gasteiger partial charge is 0.346 e. The minimum atomic E-state index is -0.440. The molecule has 17 heavy (non-hydrogen) atoms. The van der Waals surface area contributed by atoms with Crippen LogP contribution in [0.25, 0.3) is 0 Å². The van der Waals surface area contributed by atoms with Gasteiger partial charge in [0.05, 0.1) is 11.6 Å².